The molecule has 4 aliphatic carbocycles. The maximum Gasteiger partial charge on any atom is 0.192 e. The maximum atomic E-state index is 13.8. The number of Topliss-reactive ketones (excluding diaryl/α,β-unsaturated/α-hetero) is 1. The number of benzene rings is 1. The number of carbonyl (C=O) groups is 2. The molecule has 210 valence electrons. The SMILES string of the molecule is C[C@]12[C@@H](CCC3=CC(=O)C=C[C@@]31C)[C@]1(C)C[C@H]3CN(CCOc4ccccc4)O[C@@]3(C(=O)CO)[C@@]1(C)C[C@@H]2O. The highest BCUT2D eigenvalue weighted by molar-refractivity contribution is 6.01. The van der Waals surface area contributed by atoms with Gasteiger partial charge in [-0.2, -0.15) is 5.06 Å². The fraction of sp³-hybridized carbons (Fsp3) is 0.625. The van der Waals surface area contributed by atoms with E-state index in [1.807, 2.05) is 41.5 Å². The molecule has 1 saturated heterocycles. The van der Waals surface area contributed by atoms with Crippen LogP contribution < -0.4 is 4.74 Å². The first-order valence-electron chi connectivity index (χ1n) is 14.3. The van der Waals surface area contributed by atoms with E-state index in [9.17, 15) is 19.8 Å². The molecule has 0 aromatic heterocycles. The van der Waals surface area contributed by atoms with Gasteiger partial charge in [-0.15, -0.1) is 0 Å². The van der Waals surface area contributed by atoms with Crippen LogP contribution in [0.1, 0.15) is 53.4 Å². The lowest BCUT2D eigenvalue weighted by Crippen LogP contribution is -2.70. The number of para-hydroxylation sites is 1. The number of ether oxygens (including phenoxy) is 1. The third-order valence-corrected chi connectivity index (χ3v) is 12.1. The van der Waals surface area contributed by atoms with Crippen molar-refractivity contribution in [2.24, 2.45) is 33.5 Å². The summed E-state index contributed by atoms with van der Waals surface area (Å²) in [5.74, 6) is 0.494. The number of rotatable bonds is 6. The zero-order chi connectivity index (χ0) is 27.8. The number of nitrogens with zero attached hydrogens (tertiary/aromatic N) is 1. The molecule has 1 aromatic carbocycles. The Morgan fingerprint density at radius 1 is 1.15 bits per heavy atom. The molecule has 1 aliphatic heterocycles. The van der Waals surface area contributed by atoms with Crippen molar-refractivity contribution < 1.29 is 29.4 Å². The molecule has 6 rings (SSSR count). The number of hydrogen-bond acceptors (Lipinski definition) is 7. The van der Waals surface area contributed by atoms with Crippen molar-refractivity contribution in [3.8, 4) is 5.75 Å². The number of hydrogen-bond donors (Lipinski definition) is 2. The van der Waals surface area contributed by atoms with Gasteiger partial charge < -0.3 is 14.9 Å². The van der Waals surface area contributed by atoms with E-state index in [2.05, 4.69) is 27.7 Å². The van der Waals surface area contributed by atoms with Crippen molar-refractivity contribution in [1.82, 2.24) is 5.06 Å². The van der Waals surface area contributed by atoms with Crippen molar-refractivity contribution in [2.45, 2.75) is 65.1 Å². The van der Waals surface area contributed by atoms with Crippen molar-refractivity contribution in [3.05, 3.63) is 54.1 Å². The van der Waals surface area contributed by atoms with Gasteiger partial charge in [0.1, 0.15) is 19.0 Å². The first kappa shape index (κ1) is 26.9. The second kappa shape index (κ2) is 8.84. The van der Waals surface area contributed by atoms with Gasteiger partial charge in [-0.3, -0.25) is 14.4 Å². The van der Waals surface area contributed by atoms with Gasteiger partial charge in [0.15, 0.2) is 17.2 Å². The zero-order valence-electron chi connectivity index (χ0n) is 23.5. The fourth-order valence-corrected chi connectivity index (χ4v) is 9.85. The summed E-state index contributed by atoms with van der Waals surface area (Å²) in [6.07, 6.45) is 7.51. The highest BCUT2D eigenvalue weighted by atomic mass is 16.7. The quantitative estimate of drug-likeness (QED) is 0.570. The summed E-state index contributed by atoms with van der Waals surface area (Å²) >= 11 is 0. The summed E-state index contributed by atoms with van der Waals surface area (Å²) in [5, 5.41) is 24.1. The lowest BCUT2D eigenvalue weighted by atomic mass is 9.36. The summed E-state index contributed by atoms with van der Waals surface area (Å²) in [6.45, 7) is 9.64. The average molecular weight is 536 g/mol. The van der Waals surface area contributed by atoms with Gasteiger partial charge in [-0.25, -0.2) is 0 Å². The number of hydroxylamine groups is 2. The molecule has 8 atom stereocenters. The molecular weight excluding hydrogens is 494 g/mol. The number of carbonyl (C=O) groups excluding carboxylic acids is 2. The summed E-state index contributed by atoms with van der Waals surface area (Å²) < 4.78 is 5.90. The third kappa shape index (κ3) is 3.30. The van der Waals surface area contributed by atoms with E-state index in [0.29, 0.717) is 26.1 Å². The van der Waals surface area contributed by atoms with Gasteiger partial charge in [0, 0.05) is 28.7 Å². The monoisotopic (exact) mass is 535 g/mol. The second-order valence-corrected chi connectivity index (χ2v) is 13.3. The van der Waals surface area contributed by atoms with Crippen molar-refractivity contribution in [1.29, 1.82) is 0 Å². The van der Waals surface area contributed by atoms with Crippen LogP contribution in [0.2, 0.25) is 0 Å². The van der Waals surface area contributed by atoms with Crippen LogP contribution in [0.4, 0.5) is 0 Å². The van der Waals surface area contributed by atoms with E-state index in [1.54, 1.807) is 12.2 Å². The molecule has 4 fully saturated rings. The van der Waals surface area contributed by atoms with Gasteiger partial charge in [-0.05, 0) is 61.3 Å². The first-order valence-corrected chi connectivity index (χ1v) is 14.3. The number of allylic oxidation sites excluding steroid dienone is 4. The van der Waals surface area contributed by atoms with Crippen molar-refractivity contribution in [3.63, 3.8) is 0 Å². The van der Waals surface area contributed by atoms with Crippen LogP contribution in [0.15, 0.2) is 54.1 Å². The molecule has 2 N–H and O–H groups in total. The number of ketones is 2. The maximum absolute atomic E-state index is 13.8. The number of aliphatic hydroxyl groups is 2. The molecule has 0 amide bonds. The van der Waals surface area contributed by atoms with E-state index in [4.69, 9.17) is 9.57 Å². The predicted octanol–water partition coefficient (Wildman–Crippen LogP) is 3.90. The first-order chi connectivity index (χ1) is 18.5. The zero-order valence-corrected chi connectivity index (χ0v) is 23.5. The normalized spacial score (nSPS) is 44.7. The summed E-state index contributed by atoms with van der Waals surface area (Å²) in [6, 6.07) is 9.61. The largest absolute Gasteiger partial charge is 0.492 e. The molecule has 0 unspecified atom stereocenters. The molecule has 0 radical (unpaired) electrons. The van der Waals surface area contributed by atoms with Crippen LogP contribution in [0, 0.1) is 33.5 Å². The van der Waals surface area contributed by atoms with Gasteiger partial charge in [0.05, 0.1) is 12.6 Å². The Bertz CT molecular complexity index is 1240. The molecule has 7 nitrogen and oxygen atoms in total. The predicted molar refractivity (Wildman–Crippen MR) is 146 cm³/mol. The van der Waals surface area contributed by atoms with Crippen LogP contribution >= 0.6 is 0 Å². The van der Waals surface area contributed by atoms with Gasteiger partial charge >= 0.3 is 0 Å². The molecule has 1 heterocycles. The van der Waals surface area contributed by atoms with Crippen molar-refractivity contribution >= 4 is 11.6 Å². The Morgan fingerprint density at radius 2 is 1.90 bits per heavy atom. The van der Waals surface area contributed by atoms with E-state index in [1.165, 1.54) is 0 Å². The fourth-order valence-electron chi connectivity index (χ4n) is 9.85. The number of fused-ring (bicyclic) bond motifs is 7. The Labute approximate surface area is 230 Å². The van der Waals surface area contributed by atoms with Crippen LogP contribution in [0.5, 0.6) is 5.75 Å². The van der Waals surface area contributed by atoms with Gasteiger partial charge in [-0.1, -0.05) is 57.5 Å². The van der Waals surface area contributed by atoms with Crippen molar-refractivity contribution in [2.75, 3.05) is 26.3 Å². The molecule has 1 aromatic rings. The summed E-state index contributed by atoms with van der Waals surface area (Å²) in [7, 11) is 0. The Hall–Kier alpha value is -2.32. The van der Waals surface area contributed by atoms with Gasteiger partial charge in [0.2, 0.25) is 0 Å². The third-order valence-electron chi connectivity index (χ3n) is 12.1. The molecule has 0 spiro atoms. The molecular formula is C32H41NO6. The minimum Gasteiger partial charge on any atom is -0.492 e. The van der Waals surface area contributed by atoms with E-state index < -0.39 is 34.6 Å². The van der Waals surface area contributed by atoms with Gasteiger partial charge in [0.25, 0.3) is 0 Å². The minimum atomic E-state index is -1.21. The van der Waals surface area contributed by atoms with E-state index in [0.717, 1.165) is 30.6 Å². The van der Waals surface area contributed by atoms with Crippen LogP contribution in [0.25, 0.3) is 0 Å². The Morgan fingerprint density at radius 3 is 2.62 bits per heavy atom. The lowest BCUT2D eigenvalue weighted by Gasteiger charge is -2.69. The minimum absolute atomic E-state index is 0.0125. The van der Waals surface area contributed by atoms with Crippen LogP contribution in [-0.2, 0) is 14.4 Å². The molecule has 7 heteroatoms. The smallest absolute Gasteiger partial charge is 0.192 e. The van der Waals surface area contributed by atoms with Crippen LogP contribution in [0.3, 0.4) is 0 Å². The molecule has 39 heavy (non-hydrogen) atoms. The molecule has 5 aliphatic rings. The highest BCUT2D eigenvalue weighted by Gasteiger charge is 2.81. The highest BCUT2D eigenvalue weighted by Crippen LogP contribution is 2.78. The Balaban J connectivity index is 1.33. The molecule has 3 saturated carbocycles. The standard InChI is InChI=1S/C32H41NO6/c1-28-13-12-23(35)16-21(28)10-11-25-29(2)17-22-19-33(14-15-38-24-8-6-5-7-9-24)39-32(22,27(37)20-34)30(29,3)18-26(36)31(25,28)4/h5-9,12-13,16,22,25-26,34,36H,10-11,14-15,17-20H2,1-4H3/t22-,25-,26-,28-,29-,30-,31+,32-/m0/s1. The topological polar surface area (TPSA) is 96.3 Å². The second-order valence-electron chi connectivity index (χ2n) is 13.3. The number of aliphatic hydroxyl groups excluding tert-OH is 2. The Kier molecular flexibility index (Phi) is 6.09. The summed E-state index contributed by atoms with van der Waals surface area (Å²) in [4.78, 5) is 32.7. The van der Waals surface area contributed by atoms with E-state index in [-0.39, 0.29) is 28.8 Å². The lowest BCUT2D eigenvalue weighted by molar-refractivity contribution is -0.281. The average Bonchev–Trinajstić information content (AvgIpc) is 3.35. The van der Waals surface area contributed by atoms with E-state index >= 15 is 0 Å². The van der Waals surface area contributed by atoms with Crippen LogP contribution in [-0.4, -0.2) is 64.9 Å². The summed E-state index contributed by atoms with van der Waals surface area (Å²) in [5.41, 5.74) is -2.06. The molecule has 0 bridgehead atoms.